The summed E-state index contributed by atoms with van der Waals surface area (Å²) in [6.07, 6.45) is 0. The lowest BCUT2D eigenvalue weighted by molar-refractivity contribution is 0.461. The fourth-order valence-corrected chi connectivity index (χ4v) is 1.83. The molecule has 0 unspecified atom stereocenters. The van der Waals surface area contributed by atoms with Gasteiger partial charge >= 0.3 is 0 Å². The van der Waals surface area contributed by atoms with Crippen LogP contribution in [0.15, 0.2) is 30.3 Å². The van der Waals surface area contributed by atoms with Gasteiger partial charge in [-0.05, 0) is 60.9 Å². The van der Waals surface area contributed by atoms with Crippen LogP contribution in [0.3, 0.4) is 0 Å². The summed E-state index contributed by atoms with van der Waals surface area (Å²) in [5.41, 5.74) is 2.93. The summed E-state index contributed by atoms with van der Waals surface area (Å²) in [4.78, 5) is 0. The van der Waals surface area contributed by atoms with Gasteiger partial charge in [0.25, 0.3) is 0 Å². The van der Waals surface area contributed by atoms with Gasteiger partial charge in [-0.1, -0.05) is 0 Å². The van der Waals surface area contributed by atoms with Crippen molar-refractivity contribution in [1.82, 2.24) is 0 Å². The topological polar surface area (TPSA) is 60.7 Å². The van der Waals surface area contributed by atoms with Crippen molar-refractivity contribution in [3.63, 3.8) is 0 Å². The van der Waals surface area contributed by atoms with Crippen LogP contribution in [0.2, 0.25) is 0 Å². The highest BCUT2D eigenvalue weighted by atomic mass is 16.3. The van der Waals surface area contributed by atoms with Crippen molar-refractivity contribution in [3.05, 3.63) is 41.5 Å². The standard InChI is InChI=1S/C14H14O3/c1-8-6-14(17)9(2)5-11(8)12-7-10(15)3-4-13(12)16/h3-7,15-17H,1-2H3. The van der Waals surface area contributed by atoms with E-state index in [1.165, 1.54) is 18.2 Å². The Hall–Kier alpha value is -2.16. The molecule has 2 rings (SSSR count). The first-order valence-corrected chi connectivity index (χ1v) is 5.31. The number of aryl methyl sites for hydroxylation is 2. The van der Waals surface area contributed by atoms with Gasteiger partial charge in [0.2, 0.25) is 0 Å². The number of hydrogen-bond donors (Lipinski definition) is 3. The third-order valence-electron chi connectivity index (χ3n) is 2.81. The molecule has 0 radical (unpaired) electrons. The van der Waals surface area contributed by atoms with Gasteiger partial charge in [0.1, 0.15) is 17.2 Å². The maximum atomic E-state index is 9.80. The monoisotopic (exact) mass is 230 g/mol. The Morgan fingerprint density at radius 2 is 1.41 bits per heavy atom. The highest BCUT2D eigenvalue weighted by Crippen LogP contribution is 2.36. The van der Waals surface area contributed by atoms with Crippen LogP contribution in [0.25, 0.3) is 11.1 Å². The maximum Gasteiger partial charge on any atom is 0.123 e. The second-order valence-corrected chi connectivity index (χ2v) is 4.16. The maximum absolute atomic E-state index is 9.80. The molecule has 0 aromatic heterocycles. The minimum Gasteiger partial charge on any atom is -0.508 e. The van der Waals surface area contributed by atoms with E-state index in [1.807, 2.05) is 6.92 Å². The fourth-order valence-electron chi connectivity index (χ4n) is 1.83. The summed E-state index contributed by atoms with van der Waals surface area (Å²) in [7, 11) is 0. The summed E-state index contributed by atoms with van der Waals surface area (Å²) >= 11 is 0. The number of benzene rings is 2. The van der Waals surface area contributed by atoms with Crippen LogP contribution in [0.5, 0.6) is 17.2 Å². The van der Waals surface area contributed by atoms with Crippen LogP contribution in [0.1, 0.15) is 11.1 Å². The van der Waals surface area contributed by atoms with Crippen LogP contribution in [-0.4, -0.2) is 15.3 Å². The molecule has 0 spiro atoms. The van der Waals surface area contributed by atoms with Crippen molar-refractivity contribution in [1.29, 1.82) is 0 Å². The van der Waals surface area contributed by atoms with Gasteiger partial charge in [0.15, 0.2) is 0 Å². The van der Waals surface area contributed by atoms with E-state index < -0.39 is 0 Å². The Kier molecular flexibility index (Phi) is 2.68. The van der Waals surface area contributed by atoms with Crippen molar-refractivity contribution in [2.45, 2.75) is 13.8 Å². The summed E-state index contributed by atoms with van der Waals surface area (Å²) in [5.74, 6) is 0.435. The van der Waals surface area contributed by atoms with Gasteiger partial charge in [0.05, 0.1) is 0 Å². The molecule has 0 bridgehead atoms. The lowest BCUT2D eigenvalue weighted by Crippen LogP contribution is -1.87. The second kappa shape index (κ2) is 4.01. The highest BCUT2D eigenvalue weighted by Gasteiger charge is 2.10. The molecule has 0 atom stereocenters. The molecule has 17 heavy (non-hydrogen) atoms. The van der Waals surface area contributed by atoms with E-state index in [1.54, 1.807) is 19.1 Å². The summed E-state index contributed by atoms with van der Waals surface area (Å²) in [6.45, 7) is 3.64. The average Bonchev–Trinajstić information content (AvgIpc) is 2.27. The molecule has 0 amide bonds. The lowest BCUT2D eigenvalue weighted by Gasteiger charge is -2.11. The molecule has 88 valence electrons. The molecule has 0 aliphatic carbocycles. The van der Waals surface area contributed by atoms with Gasteiger partial charge in [-0.15, -0.1) is 0 Å². The Morgan fingerprint density at radius 3 is 2.12 bits per heavy atom. The summed E-state index contributed by atoms with van der Waals surface area (Å²) in [5, 5.41) is 28.8. The first-order chi connectivity index (χ1) is 7.99. The van der Waals surface area contributed by atoms with Crippen LogP contribution in [0.4, 0.5) is 0 Å². The van der Waals surface area contributed by atoms with E-state index in [0.29, 0.717) is 5.56 Å². The fraction of sp³-hybridized carbons (Fsp3) is 0.143. The van der Waals surface area contributed by atoms with Crippen LogP contribution in [0, 0.1) is 13.8 Å². The Morgan fingerprint density at radius 1 is 0.706 bits per heavy atom. The zero-order valence-electron chi connectivity index (χ0n) is 9.73. The van der Waals surface area contributed by atoms with Crippen molar-refractivity contribution >= 4 is 0 Å². The summed E-state index contributed by atoms with van der Waals surface area (Å²) < 4.78 is 0. The van der Waals surface area contributed by atoms with E-state index in [2.05, 4.69) is 0 Å². The molecule has 0 aliphatic heterocycles. The molecule has 3 N–H and O–H groups in total. The van der Waals surface area contributed by atoms with Crippen molar-refractivity contribution in [2.75, 3.05) is 0 Å². The number of phenols is 3. The molecule has 0 saturated heterocycles. The molecule has 0 heterocycles. The molecule has 3 nitrogen and oxygen atoms in total. The van der Waals surface area contributed by atoms with Crippen molar-refractivity contribution < 1.29 is 15.3 Å². The van der Waals surface area contributed by atoms with Gasteiger partial charge in [0, 0.05) is 5.56 Å². The van der Waals surface area contributed by atoms with Gasteiger partial charge in [-0.3, -0.25) is 0 Å². The molecule has 0 saturated carbocycles. The Balaban J connectivity index is 2.68. The third-order valence-corrected chi connectivity index (χ3v) is 2.81. The minimum absolute atomic E-state index is 0.0999. The van der Waals surface area contributed by atoms with Crippen molar-refractivity contribution in [2.24, 2.45) is 0 Å². The van der Waals surface area contributed by atoms with E-state index in [9.17, 15) is 15.3 Å². The SMILES string of the molecule is Cc1cc(-c2cc(O)ccc2O)c(C)cc1O. The van der Waals surface area contributed by atoms with Crippen LogP contribution >= 0.6 is 0 Å². The molecule has 2 aromatic rings. The third kappa shape index (κ3) is 2.04. The number of hydrogen-bond acceptors (Lipinski definition) is 3. The normalized spacial score (nSPS) is 10.5. The van der Waals surface area contributed by atoms with Crippen LogP contribution < -0.4 is 0 Å². The largest absolute Gasteiger partial charge is 0.508 e. The van der Waals surface area contributed by atoms with E-state index >= 15 is 0 Å². The lowest BCUT2D eigenvalue weighted by atomic mass is 9.97. The second-order valence-electron chi connectivity index (χ2n) is 4.16. The molecule has 3 heteroatoms. The zero-order valence-corrected chi connectivity index (χ0v) is 9.73. The quantitative estimate of drug-likeness (QED) is 0.660. The first-order valence-electron chi connectivity index (χ1n) is 5.31. The Bertz CT molecular complexity index is 574. The molecule has 2 aromatic carbocycles. The minimum atomic E-state index is 0.0999. The Labute approximate surface area is 99.6 Å². The molecule has 0 aliphatic rings. The predicted octanol–water partition coefficient (Wildman–Crippen LogP) is 3.09. The van der Waals surface area contributed by atoms with E-state index in [0.717, 1.165) is 16.7 Å². The smallest absolute Gasteiger partial charge is 0.123 e. The van der Waals surface area contributed by atoms with E-state index in [4.69, 9.17) is 0 Å². The number of rotatable bonds is 1. The summed E-state index contributed by atoms with van der Waals surface area (Å²) in [6, 6.07) is 7.83. The average molecular weight is 230 g/mol. The van der Waals surface area contributed by atoms with Gasteiger partial charge in [-0.25, -0.2) is 0 Å². The molecular formula is C14H14O3. The zero-order chi connectivity index (χ0) is 12.6. The first kappa shape index (κ1) is 11.3. The van der Waals surface area contributed by atoms with Gasteiger partial charge in [-0.2, -0.15) is 0 Å². The van der Waals surface area contributed by atoms with E-state index in [-0.39, 0.29) is 17.2 Å². The molecule has 0 fully saturated rings. The molecular weight excluding hydrogens is 216 g/mol. The number of aromatic hydroxyl groups is 3. The highest BCUT2D eigenvalue weighted by molar-refractivity contribution is 5.75. The van der Waals surface area contributed by atoms with Gasteiger partial charge < -0.3 is 15.3 Å². The van der Waals surface area contributed by atoms with Crippen molar-refractivity contribution in [3.8, 4) is 28.4 Å². The number of phenolic OH excluding ortho intramolecular Hbond substituents is 3. The predicted molar refractivity (Wildman–Crippen MR) is 66.3 cm³/mol. The van der Waals surface area contributed by atoms with Crippen LogP contribution in [-0.2, 0) is 0 Å².